The minimum absolute atomic E-state index is 0.111. The number of fused-ring (bicyclic) bond motifs is 1. The van der Waals surface area contributed by atoms with Crippen LogP contribution in [0.15, 0.2) is 18.2 Å². The molecule has 0 bridgehead atoms. The van der Waals surface area contributed by atoms with Crippen molar-refractivity contribution in [1.82, 2.24) is 15.0 Å². The van der Waals surface area contributed by atoms with Crippen LogP contribution in [0.5, 0.6) is 0 Å². The summed E-state index contributed by atoms with van der Waals surface area (Å²) in [7, 11) is 0. The monoisotopic (exact) mass is 261 g/mol. The molecule has 0 fully saturated rings. The highest BCUT2D eigenvalue weighted by Crippen LogP contribution is 2.20. The Labute approximate surface area is 110 Å². The SMILES string of the molecule is Cc1c(C=CC(=O)O)ccc2c1nnn2CCCO. The van der Waals surface area contributed by atoms with Gasteiger partial charge in [-0.2, -0.15) is 0 Å². The number of aliphatic hydroxyl groups is 1. The summed E-state index contributed by atoms with van der Waals surface area (Å²) in [5.74, 6) is -0.980. The van der Waals surface area contributed by atoms with E-state index in [4.69, 9.17) is 10.2 Å². The molecular formula is C13H15N3O3. The van der Waals surface area contributed by atoms with E-state index in [0.29, 0.717) is 13.0 Å². The molecule has 0 spiro atoms. The number of aryl methyl sites for hydroxylation is 2. The van der Waals surface area contributed by atoms with Crippen molar-refractivity contribution in [2.24, 2.45) is 0 Å². The normalized spacial score (nSPS) is 11.5. The molecule has 2 rings (SSSR count). The third-order valence-corrected chi connectivity index (χ3v) is 2.92. The van der Waals surface area contributed by atoms with Gasteiger partial charge in [0.25, 0.3) is 0 Å². The summed E-state index contributed by atoms with van der Waals surface area (Å²) in [6.07, 6.45) is 3.27. The van der Waals surface area contributed by atoms with E-state index in [1.165, 1.54) is 0 Å². The Morgan fingerprint density at radius 3 is 2.95 bits per heavy atom. The second-order valence-corrected chi connectivity index (χ2v) is 4.21. The Balaban J connectivity index is 2.40. The maximum Gasteiger partial charge on any atom is 0.328 e. The van der Waals surface area contributed by atoms with Crippen LogP contribution in [0.25, 0.3) is 17.1 Å². The number of carboxylic acid groups (broad SMARTS) is 1. The Kier molecular flexibility index (Phi) is 3.91. The summed E-state index contributed by atoms with van der Waals surface area (Å²) in [6.45, 7) is 2.60. The number of nitrogens with zero attached hydrogens (tertiary/aromatic N) is 3. The van der Waals surface area contributed by atoms with Crippen LogP contribution in [0.3, 0.4) is 0 Å². The van der Waals surface area contributed by atoms with Crippen LogP contribution in [0.1, 0.15) is 17.5 Å². The van der Waals surface area contributed by atoms with Gasteiger partial charge in [-0.3, -0.25) is 0 Å². The van der Waals surface area contributed by atoms with Crippen LogP contribution < -0.4 is 0 Å². The second-order valence-electron chi connectivity index (χ2n) is 4.21. The highest BCUT2D eigenvalue weighted by atomic mass is 16.4. The Bertz CT molecular complexity index is 631. The molecule has 2 aromatic rings. The number of aliphatic carboxylic acids is 1. The predicted octanol–water partition coefficient (Wildman–Crippen LogP) is 1.22. The number of aliphatic hydroxyl groups excluding tert-OH is 1. The molecule has 2 N–H and O–H groups in total. The maximum atomic E-state index is 10.5. The zero-order chi connectivity index (χ0) is 13.8. The van der Waals surface area contributed by atoms with E-state index < -0.39 is 5.97 Å². The molecule has 0 saturated carbocycles. The van der Waals surface area contributed by atoms with E-state index in [9.17, 15) is 4.79 Å². The lowest BCUT2D eigenvalue weighted by atomic mass is 10.1. The van der Waals surface area contributed by atoms with Crippen molar-refractivity contribution in [3.63, 3.8) is 0 Å². The van der Waals surface area contributed by atoms with E-state index in [-0.39, 0.29) is 6.61 Å². The number of carbonyl (C=O) groups is 1. The van der Waals surface area contributed by atoms with E-state index >= 15 is 0 Å². The molecule has 6 nitrogen and oxygen atoms in total. The van der Waals surface area contributed by atoms with Crippen molar-refractivity contribution < 1.29 is 15.0 Å². The van der Waals surface area contributed by atoms with Gasteiger partial charge in [-0.05, 0) is 36.6 Å². The number of rotatable bonds is 5. The molecule has 0 saturated heterocycles. The molecule has 1 aromatic heterocycles. The van der Waals surface area contributed by atoms with Crippen LogP contribution in [-0.2, 0) is 11.3 Å². The number of benzene rings is 1. The van der Waals surface area contributed by atoms with Crippen LogP contribution in [0, 0.1) is 6.92 Å². The molecule has 1 heterocycles. The number of carboxylic acids is 1. The first-order valence-corrected chi connectivity index (χ1v) is 5.98. The quantitative estimate of drug-likeness (QED) is 0.790. The van der Waals surface area contributed by atoms with Crippen molar-refractivity contribution in [3.8, 4) is 0 Å². The first kappa shape index (κ1) is 13.2. The van der Waals surface area contributed by atoms with E-state index in [1.807, 2.05) is 19.1 Å². The first-order valence-electron chi connectivity index (χ1n) is 5.98. The van der Waals surface area contributed by atoms with Gasteiger partial charge >= 0.3 is 5.97 Å². The minimum Gasteiger partial charge on any atom is -0.478 e. The molecular weight excluding hydrogens is 246 g/mol. The number of aromatic nitrogens is 3. The fourth-order valence-electron chi connectivity index (χ4n) is 1.91. The van der Waals surface area contributed by atoms with Crippen molar-refractivity contribution >= 4 is 23.1 Å². The van der Waals surface area contributed by atoms with Crippen LogP contribution in [0.2, 0.25) is 0 Å². The fourth-order valence-corrected chi connectivity index (χ4v) is 1.91. The largest absolute Gasteiger partial charge is 0.478 e. The van der Waals surface area contributed by atoms with Crippen LogP contribution in [-0.4, -0.2) is 37.8 Å². The summed E-state index contributed by atoms with van der Waals surface area (Å²) in [6, 6.07) is 3.71. The van der Waals surface area contributed by atoms with Gasteiger partial charge in [0.2, 0.25) is 0 Å². The molecule has 0 atom stereocenters. The average Bonchev–Trinajstić information content (AvgIpc) is 2.79. The molecule has 100 valence electrons. The van der Waals surface area contributed by atoms with Crippen molar-refractivity contribution in [2.45, 2.75) is 19.9 Å². The molecule has 6 heteroatoms. The predicted molar refractivity (Wildman–Crippen MR) is 70.6 cm³/mol. The summed E-state index contributed by atoms with van der Waals surface area (Å²) in [4.78, 5) is 10.5. The Hall–Kier alpha value is -2.21. The van der Waals surface area contributed by atoms with Crippen molar-refractivity contribution in [2.75, 3.05) is 6.61 Å². The lowest BCUT2D eigenvalue weighted by Gasteiger charge is -2.03. The summed E-state index contributed by atoms with van der Waals surface area (Å²) in [5, 5.41) is 25.6. The number of hydrogen-bond acceptors (Lipinski definition) is 4. The topological polar surface area (TPSA) is 88.2 Å². The lowest BCUT2D eigenvalue weighted by molar-refractivity contribution is -0.131. The Morgan fingerprint density at radius 1 is 1.47 bits per heavy atom. The van der Waals surface area contributed by atoms with Gasteiger partial charge in [0.05, 0.1) is 5.52 Å². The molecule has 0 aliphatic carbocycles. The van der Waals surface area contributed by atoms with Crippen LogP contribution >= 0.6 is 0 Å². The number of hydrogen-bond donors (Lipinski definition) is 2. The van der Waals surface area contributed by atoms with Gasteiger partial charge in [-0.15, -0.1) is 5.10 Å². The highest BCUT2D eigenvalue weighted by molar-refractivity contribution is 5.88. The maximum absolute atomic E-state index is 10.5. The molecule has 0 radical (unpaired) electrons. The van der Waals surface area contributed by atoms with Crippen LogP contribution in [0.4, 0.5) is 0 Å². The zero-order valence-corrected chi connectivity index (χ0v) is 10.6. The third kappa shape index (κ3) is 2.79. The molecule has 0 unspecified atom stereocenters. The summed E-state index contributed by atoms with van der Waals surface area (Å²) < 4.78 is 1.74. The van der Waals surface area contributed by atoms with Gasteiger partial charge in [-0.1, -0.05) is 11.3 Å². The molecule has 0 amide bonds. The highest BCUT2D eigenvalue weighted by Gasteiger charge is 2.09. The smallest absolute Gasteiger partial charge is 0.328 e. The van der Waals surface area contributed by atoms with Crippen molar-refractivity contribution in [1.29, 1.82) is 0 Å². The second kappa shape index (κ2) is 5.62. The molecule has 1 aromatic carbocycles. The van der Waals surface area contributed by atoms with E-state index in [0.717, 1.165) is 28.2 Å². The zero-order valence-electron chi connectivity index (χ0n) is 10.6. The van der Waals surface area contributed by atoms with Gasteiger partial charge < -0.3 is 10.2 Å². The van der Waals surface area contributed by atoms with E-state index in [2.05, 4.69) is 10.3 Å². The van der Waals surface area contributed by atoms with Gasteiger partial charge in [0.15, 0.2) is 0 Å². The standard InChI is InChI=1S/C13H15N3O3/c1-9-10(4-6-12(18)19)3-5-11-13(9)14-15-16(11)7-2-8-17/h3-6,17H,2,7-8H2,1H3,(H,18,19). The third-order valence-electron chi connectivity index (χ3n) is 2.92. The summed E-state index contributed by atoms with van der Waals surface area (Å²) in [5.41, 5.74) is 3.35. The molecule has 19 heavy (non-hydrogen) atoms. The molecule has 0 aliphatic rings. The van der Waals surface area contributed by atoms with Gasteiger partial charge in [0, 0.05) is 19.2 Å². The van der Waals surface area contributed by atoms with Gasteiger partial charge in [-0.25, -0.2) is 9.48 Å². The first-order chi connectivity index (χ1) is 9.13. The van der Waals surface area contributed by atoms with Crippen molar-refractivity contribution in [3.05, 3.63) is 29.3 Å². The van der Waals surface area contributed by atoms with Gasteiger partial charge in [0.1, 0.15) is 5.52 Å². The fraction of sp³-hybridized carbons (Fsp3) is 0.308. The Morgan fingerprint density at radius 2 is 2.26 bits per heavy atom. The minimum atomic E-state index is -0.980. The molecule has 0 aliphatic heterocycles. The van der Waals surface area contributed by atoms with E-state index in [1.54, 1.807) is 10.8 Å². The summed E-state index contributed by atoms with van der Waals surface area (Å²) >= 11 is 0. The lowest BCUT2D eigenvalue weighted by Crippen LogP contribution is -2.02. The average molecular weight is 261 g/mol.